The van der Waals surface area contributed by atoms with E-state index in [2.05, 4.69) is 17.0 Å². The number of nitrogens with zero attached hydrogens (tertiary/aromatic N) is 1. The predicted octanol–water partition coefficient (Wildman–Crippen LogP) is 1.54. The molecule has 4 heteroatoms. The second kappa shape index (κ2) is 5.72. The second-order valence-electron chi connectivity index (χ2n) is 5.97. The van der Waals surface area contributed by atoms with Gasteiger partial charge in [0.05, 0.1) is 25.4 Å². The summed E-state index contributed by atoms with van der Waals surface area (Å²) < 4.78 is 5.17. The maximum absolute atomic E-state index is 10.3. The molecule has 2 aliphatic heterocycles. The van der Waals surface area contributed by atoms with E-state index in [9.17, 15) is 10.2 Å². The van der Waals surface area contributed by atoms with Crippen molar-refractivity contribution in [2.45, 2.75) is 56.5 Å². The first-order chi connectivity index (χ1) is 9.69. The van der Waals surface area contributed by atoms with E-state index < -0.39 is 12.2 Å². The third-order valence-corrected chi connectivity index (χ3v) is 4.72. The fourth-order valence-electron chi connectivity index (χ4n) is 3.69. The first kappa shape index (κ1) is 13.9. The lowest BCUT2D eigenvalue weighted by Gasteiger charge is -2.31. The first-order valence-corrected chi connectivity index (χ1v) is 7.44. The number of fused-ring (bicyclic) bond motifs is 2. The van der Waals surface area contributed by atoms with Crippen LogP contribution >= 0.6 is 0 Å². The summed E-state index contributed by atoms with van der Waals surface area (Å²) in [5, 5.41) is 20.5. The van der Waals surface area contributed by atoms with Crippen molar-refractivity contribution in [2.24, 2.45) is 0 Å². The van der Waals surface area contributed by atoms with Gasteiger partial charge in [0.15, 0.2) is 0 Å². The summed E-state index contributed by atoms with van der Waals surface area (Å²) in [5.74, 6) is 0.854. The molecule has 2 bridgehead atoms. The molecule has 0 amide bonds. The van der Waals surface area contributed by atoms with Gasteiger partial charge in [0.2, 0.25) is 0 Å². The van der Waals surface area contributed by atoms with Gasteiger partial charge in [-0.3, -0.25) is 4.90 Å². The number of ether oxygens (including phenoxy) is 1. The summed E-state index contributed by atoms with van der Waals surface area (Å²) in [6, 6.07) is 8.33. The molecule has 2 heterocycles. The minimum atomic E-state index is -0.407. The Morgan fingerprint density at radius 2 is 1.90 bits per heavy atom. The van der Waals surface area contributed by atoms with E-state index in [0.717, 1.165) is 38.0 Å². The summed E-state index contributed by atoms with van der Waals surface area (Å²) in [6.07, 6.45) is 2.91. The third kappa shape index (κ3) is 2.55. The molecule has 0 spiro atoms. The van der Waals surface area contributed by atoms with E-state index in [4.69, 9.17) is 4.74 Å². The number of methoxy groups -OCH3 is 1. The molecule has 0 saturated carbocycles. The fraction of sp³-hybridized carbons (Fsp3) is 0.625. The topological polar surface area (TPSA) is 52.9 Å². The molecule has 20 heavy (non-hydrogen) atoms. The highest BCUT2D eigenvalue weighted by Gasteiger charge is 2.45. The van der Waals surface area contributed by atoms with E-state index in [1.165, 1.54) is 5.56 Å². The number of aliphatic hydroxyl groups is 2. The van der Waals surface area contributed by atoms with Gasteiger partial charge in [0.1, 0.15) is 5.75 Å². The number of rotatable bonds is 3. The number of hydrogen-bond donors (Lipinski definition) is 2. The third-order valence-electron chi connectivity index (χ3n) is 4.72. The van der Waals surface area contributed by atoms with Crippen molar-refractivity contribution >= 4 is 0 Å². The lowest BCUT2D eigenvalue weighted by Crippen LogP contribution is -2.44. The number of hydrogen-bond acceptors (Lipinski definition) is 4. The zero-order valence-electron chi connectivity index (χ0n) is 11.9. The van der Waals surface area contributed by atoms with Crippen LogP contribution in [-0.2, 0) is 6.54 Å². The lowest BCUT2D eigenvalue weighted by molar-refractivity contribution is 0.00963. The standard InChI is InChI=1S/C16H23NO3/c1-20-13-7-5-11(6-8-13)10-17-12-3-2-4-14(18)16(17)15(19)9-12/h5-8,12,14-16,18-19H,2-4,9-10H2,1H3. The maximum atomic E-state index is 10.3. The van der Waals surface area contributed by atoms with Crippen molar-refractivity contribution < 1.29 is 14.9 Å². The molecule has 2 N–H and O–H groups in total. The molecule has 4 nitrogen and oxygen atoms in total. The Kier molecular flexibility index (Phi) is 3.96. The SMILES string of the molecule is COc1ccc(CN2C3CCCC(O)C2C(O)C3)cc1. The van der Waals surface area contributed by atoms with Crippen molar-refractivity contribution in [1.82, 2.24) is 4.90 Å². The zero-order valence-corrected chi connectivity index (χ0v) is 11.9. The van der Waals surface area contributed by atoms with Gasteiger partial charge in [0, 0.05) is 12.6 Å². The molecular formula is C16H23NO3. The summed E-state index contributed by atoms with van der Waals surface area (Å²) in [6.45, 7) is 0.785. The van der Waals surface area contributed by atoms with Crippen LogP contribution in [0.25, 0.3) is 0 Å². The minimum absolute atomic E-state index is 0.107. The summed E-state index contributed by atoms with van der Waals surface area (Å²) >= 11 is 0. The van der Waals surface area contributed by atoms with E-state index in [1.54, 1.807) is 7.11 Å². The van der Waals surface area contributed by atoms with Crippen LogP contribution in [0.2, 0.25) is 0 Å². The van der Waals surface area contributed by atoms with Gasteiger partial charge in [-0.15, -0.1) is 0 Å². The molecule has 1 aromatic rings. The first-order valence-electron chi connectivity index (χ1n) is 7.44. The van der Waals surface area contributed by atoms with Crippen molar-refractivity contribution in [3.8, 4) is 5.75 Å². The Hall–Kier alpha value is -1.10. The van der Waals surface area contributed by atoms with Crippen LogP contribution in [0.15, 0.2) is 24.3 Å². The smallest absolute Gasteiger partial charge is 0.118 e. The molecule has 1 aromatic carbocycles. The average molecular weight is 277 g/mol. The van der Waals surface area contributed by atoms with Crippen LogP contribution in [-0.4, -0.2) is 46.5 Å². The van der Waals surface area contributed by atoms with Crippen molar-refractivity contribution in [3.63, 3.8) is 0 Å². The Bertz CT molecular complexity index is 448. The fourth-order valence-corrected chi connectivity index (χ4v) is 3.69. The molecule has 2 fully saturated rings. The molecule has 2 saturated heterocycles. The molecule has 0 radical (unpaired) electrons. The normalized spacial score (nSPS) is 34.0. The lowest BCUT2D eigenvalue weighted by atomic mass is 9.96. The largest absolute Gasteiger partial charge is 0.497 e. The maximum Gasteiger partial charge on any atom is 0.118 e. The molecule has 3 rings (SSSR count). The van der Waals surface area contributed by atoms with Gasteiger partial charge in [0.25, 0.3) is 0 Å². The van der Waals surface area contributed by atoms with Gasteiger partial charge >= 0.3 is 0 Å². The van der Waals surface area contributed by atoms with E-state index in [-0.39, 0.29) is 6.04 Å². The van der Waals surface area contributed by atoms with Gasteiger partial charge in [-0.05, 0) is 43.4 Å². The Balaban J connectivity index is 1.77. The van der Waals surface area contributed by atoms with Gasteiger partial charge < -0.3 is 14.9 Å². The van der Waals surface area contributed by atoms with Gasteiger partial charge in [-0.1, -0.05) is 12.1 Å². The van der Waals surface area contributed by atoms with E-state index in [1.807, 2.05) is 12.1 Å². The number of aliphatic hydroxyl groups excluding tert-OH is 2. The minimum Gasteiger partial charge on any atom is -0.497 e. The summed E-state index contributed by atoms with van der Waals surface area (Å²) in [4.78, 5) is 2.30. The average Bonchev–Trinajstić information content (AvgIpc) is 2.66. The number of benzene rings is 1. The zero-order chi connectivity index (χ0) is 14.1. The Morgan fingerprint density at radius 1 is 1.15 bits per heavy atom. The molecular weight excluding hydrogens is 254 g/mol. The molecule has 0 aromatic heterocycles. The highest BCUT2D eigenvalue weighted by Crippen LogP contribution is 2.36. The quantitative estimate of drug-likeness (QED) is 0.880. The van der Waals surface area contributed by atoms with Crippen molar-refractivity contribution in [3.05, 3.63) is 29.8 Å². The van der Waals surface area contributed by atoms with Crippen LogP contribution < -0.4 is 4.74 Å². The molecule has 2 aliphatic rings. The van der Waals surface area contributed by atoms with E-state index >= 15 is 0 Å². The molecule has 4 atom stereocenters. The highest BCUT2D eigenvalue weighted by atomic mass is 16.5. The van der Waals surface area contributed by atoms with Crippen LogP contribution in [0, 0.1) is 0 Å². The van der Waals surface area contributed by atoms with Crippen molar-refractivity contribution in [1.29, 1.82) is 0 Å². The highest BCUT2D eigenvalue weighted by molar-refractivity contribution is 5.27. The molecule has 0 aliphatic carbocycles. The van der Waals surface area contributed by atoms with Gasteiger partial charge in [-0.25, -0.2) is 0 Å². The molecule has 4 unspecified atom stereocenters. The Labute approximate surface area is 120 Å². The van der Waals surface area contributed by atoms with Crippen LogP contribution in [0.4, 0.5) is 0 Å². The molecule has 110 valence electrons. The summed E-state index contributed by atoms with van der Waals surface area (Å²) in [7, 11) is 1.66. The van der Waals surface area contributed by atoms with Crippen LogP contribution in [0.3, 0.4) is 0 Å². The van der Waals surface area contributed by atoms with Crippen LogP contribution in [0.5, 0.6) is 5.75 Å². The van der Waals surface area contributed by atoms with Gasteiger partial charge in [-0.2, -0.15) is 0 Å². The second-order valence-corrected chi connectivity index (χ2v) is 5.97. The summed E-state index contributed by atoms with van der Waals surface area (Å²) in [5.41, 5.74) is 1.20. The van der Waals surface area contributed by atoms with E-state index in [0.29, 0.717) is 6.04 Å². The van der Waals surface area contributed by atoms with Crippen LogP contribution in [0.1, 0.15) is 31.2 Å². The Morgan fingerprint density at radius 3 is 2.60 bits per heavy atom. The van der Waals surface area contributed by atoms with Crippen molar-refractivity contribution in [2.75, 3.05) is 7.11 Å². The predicted molar refractivity (Wildman–Crippen MR) is 76.6 cm³/mol. The monoisotopic (exact) mass is 277 g/mol.